The first-order valence-corrected chi connectivity index (χ1v) is 10.1. The largest absolute Gasteiger partial charge is 0.458 e. The van der Waals surface area contributed by atoms with Gasteiger partial charge in [-0.3, -0.25) is 4.79 Å². The molecule has 1 fully saturated rings. The Bertz CT molecular complexity index is 1220. The van der Waals surface area contributed by atoms with Crippen molar-refractivity contribution in [1.29, 1.82) is 0 Å². The zero-order valence-electron chi connectivity index (χ0n) is 16.7. The van der Waals surface area contributed by atoms with Crippen molar-refractivity contribution in [1.82, 2.24) is 9.55 Å². The van der Waals surface area contributed by atoms with E-state index in [-0.39, 0.29) is 18.3 Å². The van der Waals surface area contributed by atoms with Crippen LogP contribution in [0, 0.1) is 0 Å². The molecule has 0 saturated carbocycles. The minimum atomic E-state index is -1.14. The molecule has 0 N–H and O–H groups in total. The topological polar surface area (TPSA) is 70.4 Å². The van der Waals surface area contributed by atoms with Crippen LogP contribution in [0.25, 0.3) is 22.3 Å². The molecule has 1 spiro atoms. The van der Waals surface area contributed by atoms with E-state index in [0.29, 0.717) is 24.1 Å². The van der Waals surface area contributed by atoms with Gasteiger partial charge in [-0.2, -0.15) is 0 Å². The number of hydrogen-bond donors (Lipinski definition) is 0. The molecule has 6 heteroatoms. The standard InChI is InChI=1S/C21H16N2O4.C2H6/c1-11-8-21(27-11)15-7-17-18-13(6-12-4-2-3-5-16(12)22-18)9-23(17)19(24)14(15)10-26-20(21)25;1-2/h2-7,11H,8-10H2,1H3;1-2H3/t11?,21-;/m0./s1. The minimum absolute atomic E-state index is 0.00147. The highest BCUT2D eigenvalue weighted by Crippen LogP contribution is 2.47. The van der Waals surface area contributed by atoms with Crippen LogP contribution in [0.1, 0.15) is 43.9 Å². The van der Waals surface area contributed by atoms with Crippen LogP contribution in [0.3, 0.4) is 0 Å². The molecule has 0 radical (unpaired) electrons. The maximum Gasteiger partial charge on any atom is 0.343 e. The normalized spacial score (nSPS) is 23.4. The number of fused-ring (bicyclic) bond motifs is 6. The molecule has 1 aromatic carbocycles. The molecule has 3 aliphatic heterocycles. The lowest BCUT2D eigenvalue weighted by molar-refractivity contribution is -0.234. The van der Waals surface area contributed by atoms with Crippen molar-refractivity contribution in [3.8, 4) is 11.4 Å². The number of benzene rings is 1. The number of carbonyl (C=O) groups excluding carboxylic acids is 1. The minimum Gasteiger partial charge on any atom is -0.458 e. The third-order valence-corrected chi connectivity index (χ3v) is 5.86. The fourth-order valence-electron chi connectivity index (χ4n) is 4.62. The number of rotatable bonds is 0. The van der Waals surface area contributed by atoms with E-state index in [2.05, 4.69) is 6.07 Å². The molecule has 6 nitrogen and oxygen atoms in total. The van der Waals surface area contributed by atoms with Crippen LogP contribution in [-0.4, -0.2) is 21.6 Å². The Labute approximate surface area is 168 Å². The van der Waals surface area contributed by atoms with Crippen molar-refractivity contribution in [2.45, 2.75) is 52.0 Å². The third-order valence-electron chi connectivity index (χ3n) is 5.86. The number of esters is 1. The molecule has 148 valence electrons. The lowest BCUT2D eigenvalue weighted by Crippen LogP contribution is -2.56. The monoisotopic (exact) mass is 390 g/mol. The number of para-hydroxylation sites is 1. The predicted octanol–water partition coefficient (Wildman–Crippen LogP) is 3.51. The molecule has 29 heavy (non-hydrogen) atoms. The summed E-state index contributed by atoms with van der Waals surface area (Å²) in [6.45, 7) is 6.39. The number of cyclic esters (lactones) is 1. The molecule has 2 atom stereocenters. The highest BCUT2D eigenvalue weighted by atomic mass is 16.6. The highest BCUT2D eigenvalue weighted by molar-refractivity contribution is 5.87. The number of nitrogens with zero attached hydrogens (tertiary/aromatic N) is 2. The summed E-state index contributed by atoms with van der Waals surface area (Å²) in [6, 6.07) is 11.9. The second kappa shape index (κ2) is 6.26. The smallest absolute Gasteiger partial charge is 0.343 e. The fraction of sp³-hybridized carbons (Fsp3) is 0.348. The van der Waals surface area contributed by atoms with E-state index >= 15 is 0 Å². The van der Waals surface area contributed by atoms with E-state index in [0.717, 1.165) is 27.9 Å². The zero-order chi connectivity index (χ0) is 20.3. The molecule has 0 aliphatic carbocycles. The molecule has 6 rings (SSSR count). The fourth-order valence-corrected chi connectivity index (χ4v) is 4.62. The summed E-state index contributed by atoms with van der Waals surface area (Å²) in [4.78, 5) is 30.4. The summed E-state index contributed by atoms with van der Waals surface area (Å²) >= 11 is 0. The van der Waals surface area contributed by atoms with Gasteiger partial charge in [0.25, 0.3) is 5.56 Å². The number of aromatic nitrogens is 2. The van der Waals surface area contributed by atoms with Crippen LogP contribution in [0.15, 0.2) is 41.2 Å². The predicted molar refractivity (Wildman–Crippen MR) is 109 cm³/mol. The molecular formula is C23H22N2O4. The summed E-state index contributed by atoms with van der Waals surface area (Å²) in [5.74, 6) is -0.401. The summed E-state index contributed by atoms with van der Waals surface area (Å²) in [5, 5.41) is 1.05. The number of ether oxygens (including phenoxy) is 2. The second-order valence-corrected chi connectivity index (χ2v) is 7.54. The van der Waals surface area contributed by atoms with E-state index in [9.17, 15) is 9.59 Å². The first-order chi connectivity index (χ1) is 14.1. The maximum absolute atomic E-state index is 13.2. The number of carbonyl (C=O) groups is 1. The summed E-state index contributed by atoms with van der Waals surface area (Å²) in [7, 11) is 0. The number of pyridine rings is 2. The Hall–Kier alpha value is -2.99. The lowest BCUT2D eigenvalue weighted by atomic mass is 9.79. The van der Waals surface area contributed by atoms with Gasteiger partial charge < -0.3 is 14.0 Å². The van der Waals surface area contributed by atoms with Crippen LogP contribution in [0.4, 0.5) is 0 Å². The SMILES string of the molecule is CC.CC1C[C@@]2(O1)C(=O)OCc1c2cc2n(c1=O)Cc1cc3ccccc3nc1-2. The lowest BCUT2D eigenvalue weighted by Gasteiger charge is -2.47. The van der Waals surface area contributed by atoms with Gasteiger partial charge in [0.05, 0.1) is 35.1 Å². The summed E-state index contributed by atoms with van der Waals surface area (Å²) < 4.78 is 12.9. The van der Waals surface area contributed by atoms with Gasteiger partial charge in [-0.15, -0.1) is 0 Å². The van der Waals surface area contributed by atoms with Crippen molar-refractivity contribution in [3.63, 3.8) is 0 Å². The summed E-state index contributed by atoms with van der Waals surface area (Å²) in [6.07, 6.45) is 0.494. The highest BCUT2D eigenvalue weighted by Gasteiger charge is 2.56. The Kier molecular flexibility index (Phi) is 3.90. The Morgan fingerprint density at radius 1 is 1.17 bits per heavy atom. The third kappa shape index (κ3) is 2.35. The van der Waals surface area contributed by atoms with Gasteiger partial charge in [0.2, 0.25) is 0 Å². The van der Waals surface area contributed by atoms with Crippen LogP contribution in [0.5, 0.6) is 0 Å². The van der Waals surface area contributed by atoms with Gasteiger partial charge in [-0.25, -0.2) is 9.78 Å². The van der Waals surface area contributed by atoms with E-state index in [4.69, 9.17) is 14.5 Å². The zero-order valence-corrected chi connectivity index (χ0v) is 16.7. The van der Waals surface area contributed by atoms with Crippen molar-refractivity contribution >= 4 is 16.9 Å². The Morgan fingerprint density at radius 3 is 2.69 bits per heavy atom. The summed E-state index contributed by atoms with van der Waals surface area (Å²) in [5.41, 5.74) is 3.35. The Morgan fingerprint density at radius 2 is 1.93 bits per heavy atom. The van der Waals surface area contributed by atoms with E-state index in [1.54, 1.807) is 4.57 Å². The maximum atomic E-state index is 13.2. The van der Waals surface area contributed by atoms with Gasteiger partial charge in [0, 0.05) is 22.9 Å². The van der Waals surface area contributed by atoms with Gasteiger partial charge >= 0.3 is 5.97 Å². The van der Waals surface area contributed by atoms with Crippen LogP contribution in [0.2, 0.25) is 0 Å². The van der Waals surface area contributed by atoms with Gasteiger partial charge in [0.1, 0.15) is 6.61 Å². The van der Waals surface area contributed by atoms with Crippen molar-refractivity contribution in [2.24, 2.45) is 0 Å². The van der Waals surface area contributed by atoms with Gasteiger partial charge in [-0.05, 0) is 25.1 Å². The quantitative estimate of drug-likeness (QED) is 0.430. The molecule has 3 aromatic rings. The van der Waals surface area contributed by atoms with Crippen LogP contribution >= 0.6 is 0 Å². The molecule has 5 heterocycles. The molecule has 0 amide bonds. The number of hydrogen-bond acceptors (Lipinski definition) is 5. The van der Waals surface area contributed by atoms with Crippen molar-refractivity contribution < 1.29 is 14.3 Å². The molecule has 1 saturated heterocycles. The first-order valence-electron chi connectivity index (χ1n) is 10.1. The van der Waals surface area contributed by atoms with Gasteiger partial charge in [0.15, 0.2) is 5.60 Å². The first kappa shape index (κ1) is 18.1. The van der Waals surface area contributed by atoms with E-state index in [1.165, 1.54) is 0 Å². The Balaban J connectivity index is 0.000000882. The molecule has 3 aliphatic rings. The van der Waals surface area contributed by atoms with Gasteiger partial charge in [-0.1, -0.05) is 32.0 Å². The average molecular weight is 390 g/mol. The average Bonchev–Trinajstić information content (AvgIpc) is 3.07. The molecule has 0 bridgehead atoms. The molecule has 1 unspecified atom stereocenters. The van der Waals surface area contributed by atoms with Crippen molar-refractivity contribution in [3.05, 3.63) is 63.4 Å². The van der Waals surface area contributed by atoms with Crippen LogP contribution in [-0.2, 0) is 33.0 Å². The molecular weight excluding hydrogens is 368 g/mol. The van der Waals surface area contributed by atoms with E-state index in [1.807, 2.05) is 51.1 Å². The second-order valence-electron chi connectivity index (χ2n) is 7.54. The molecule has 2 aromatic heterocycles. The van der Waals surface area contributed by atoms with Crippen LogP contribution < -0.4 is 5.56 Å². The van der Waals surface area contributed by atoms with E-state index < -0.39 is 11.6 Å². The van der Waals surface area contributed by atoms with Crippen molar-refractivity contribution in [2.75, 3.05) is 0 Å².